The van der Waals surface area contributed by atoms with Gasteiger partial charge in [0.2, 0.25) is 0 Å². The van der Waals surface area contributed by atoms with E-state index in [1.165, 1.54) is 6.92 Å². The van der Waals surface area contributed by atoms with Crippen molar-refractivity contribution in [1.29, 1.82) is 0 Å². The Morgan fingerprint density at radius 2 is 1.69 bits per heavy atom. The minimum atomic E-state index is 0. The summed E-state index contributed by atoms with van der Waals surface area (Å²) in [5.41, 5.74) is 0. The van der Waals surface area contributed by atoms with Gasteiger partial charge in [0.1, 0.15) is 6.61 Å². The van der Waals surface area contributed by atoms with Crippen LogP contribution in [-0.4, -0.2) is 30.7 Å². The van der Waals surface area contributed by atoms with E-state index in [1.807, 2.05) is 0 Å². The van der Waals surface area contributed by atoms with Crippen LogP contribution in [0.4, 0.5) is 0 Å². The molecule has 0 aromatic rings. The zero-order valence-corrected chi connectivity index (χ0v) is 5.59. The summed E-state index contributed by atoms with van der Waals surface area (Å²) in [6, 6.07) is 0. The minimum Gasteiger partial charge on any atom is -0.396 e. The van der Waals surface area contributed by atoms with E-state index < -0.39 is 0 Å². The number of Topliss-reactive ketones (excluding diaryl/α,β-unsaturated/α-hetero) is 1. The van der Waals surface area contributed by atoms with Crippen LogP contribution < -0.4 is 0 Å². The van der Waals surface area contributed by atoms with Crippen molar-refractivity contribution in [2.24, 2.45) is 0 Å². The summed E-state index contributed by atoms with van der Waals surface area (Å²) in [6.07, 6.45) is 0.604. The predicted octanol–water partition coefficient (Wildman–Crippen LogP) is 2.52. The van der Waals surface area contributed by atoms with Crippen LogP contribution >= 0.6 is 0 Å². The van der Waals surface area contributed by atoms with Gasteiger partial charge in [0.15, 0.2) is 5.78 Å². The second-order valence-corrected chi connectivity index (χ2v) is 1.83. The van der Waals surface area contributed by atoms with Crippen molar-refractivity contribution in [3.63, 3.8) is 0 Å². The molecule has 0 aliphatic rings. The third-order valence-corrected chi connectivity index (χ3v) is 0.752. The van der Waals surface area contributed by atoms with E-state index in [9.17, 15) is 4.79 Å². The normalized spacial score (nSPS) is 6.62. The summed E-state index contributed by atoms with van der Waals surface area (Å²) in [5.74, 6) is 0.0212. The quantitative estimate of drug-likeness (QED) is 0.687. The highest BCUT2D eigenvalue weighted by atomic mass is 16.5. The number of rotatable bonds is 5. The number of ketones is 1. The van der Waals surface area contributed by atoms with Crippen molar-refractivity contribution < 1.29 is 14.6 Å². The fourth-order valence-corrected chi connectivity index (χ4v) is 0.383. The van der Waals surface area contributed by atoms with Crippen LogP contribution in [0.5, 0.6) is 0 Å². The number of hydrogen-bond donors (Lipinski definition) is 1. The van der Waals surface area contributed by atoms with E-state index in [2.05, 4.69) is 0 Å². The molecule has 0 rings (SSSR count). The first-order chi connectivity index (χ1) is 4.27. The summed E-state index contributed by atoms with van der Waals surface area (Å²) in [7, 11) is 0. The Kier molecular flexibility index (Phi) is 51.0. The molecular weight excluding hydrogens is 168 g/mol. The van der Waals surface area contributed by atoms with Gasteiger partial charge in [0.05, 0.1) is 0 Å². The Hall–Kier alpha value is -0.410. The first-order valence-electron chi connectivity index (χ1n) is 2.95. The van der Waals surface area contributed by atoms with E-state index in [4.69, 9.17) is 9.84 Å². The van der Waals surface area contributed by atoms with Crippen molar-refractivity contribution in [3.05, 3.63) is 0 Å². The summed E-state index contributed by atoms with van der Waals surface area (Å²) in [4.78, 5) is 10.2. The lowest BCUT2D eigenvalue weighted by atomic mass is 10.5. The summed E-state index contributed by atoms with van der Waals surface area (Å²) in [6.45, 7) is 2.23. The Bertz CT molecular complexity index is 82.2. The summed E-state index contributed by atoms with van der Waals surface area (Å²) >= 11 is 0. The topological polar surface area (TPSA) is 46.5 Å². The predicted molar refractivity (Wildman–Crippen MR) is 60.1 cm³/mol. The highest BCUT2D eigenvalue weighted by Crippen LogP contribution is 1.80. The lowest BCUT2D eigenvalue weighted by Crippen LogP contribution is -2.05. The molecule has 0 radical (unpaired) electrons. The van der Waals surface area contributed by atoms with E-state index in [-0.39, 0.29) is 48.7 Å². The molecule has 0 amide bonds. The molecule has 0 aliphatic heterocycles. The van der Waals surface area contributed by atoms with Gasteiger partial charge in [-0.3, -0.25) is 4.79 Å². The van der Waals surface area contributed by atoms with Crippen LogP contribution in [0.2, 0.25) is 0 Å². The van der Waals surface area contributed by atoms with Gasteiger partial charge in [-0.25, -0.2) is 0 Å². The first-order valence-corrected chi connectivity index (χ1v) is 2.95. The van der Waals surface area contributed by atoms with Gasteiger partial charge < -0.3 is 9.84 Å². The molecule has 0 aromatic carbocycles. The Morgan fingerprint density at radius 3 is 2.00 bits per heavy atom. The molecule has 0 aromatic heterocycles. The highest BCUT2D eigenvalue weighted by molar-refractivity contribution is 5.76. The number of carbonyl (C=O) groups is 1. The van der Waals surface area contributed by atoms with E-state index in [0.717, 1.165) is 0 Å². The number of aliphatic hydroxyl groups is 1. The molecule has 0 unspecified atom stereocenters. The second kappa shape index (κ2) is 22.6. The van der Waals surface area contributed by atoms with Crippen molar-refractivity contribution in [3.8, 4) is 0 Å². The van der Waals surface area contributed by atoms with E-state index >= 15 is 0 Å². The lowest BCUT2D eigenvalue weighted by Gasteiger charge is -1.97. The molecular formula is C10H28O3. The maximum Gasteiger partial charge on any atom is 0.155 e. The summed E-state index contributed by atoms with van der Waals surface area (Å²) < 4.78 is 4.83. The third-order valence-electron chi connectivity index (χ3n) is 0.752. The molecule has 3 nitrogen and oxygen atoms in total. The molecule has 0 fully saturated rings. The van der Waals surface area contributed by atoms with Gasteiger partial charge in [0, 0.05) is 13.2 Å². The molecule has 0 heterocycles. The minimum absolute atomic E-state index is 0. The SMILES string of the molecule is C.C.C.C.CC(=O)COCCCO. The van der Waals surface area contributed by atoms with Crippen molar-refractivity contribution in [1.82, 2.24) is 0 Å². The zero-order valence-electron chi connectivity index (χ0n) is 5.59. The molecule has 86 valence electrons. The fraction of sp³-hybridized carbons (Fsp3) is 0.900. The smallest absolute Gasteiger partial charge is 0.155 e. The average molecular weight is 196 g/mol. The van der Waals surface area contributed by atoms with Crippen LogP contribution in [0.15, 0.2) is 0 Å². The number of ether oxygens (including phenoxy) is 1. The largest absolute Gasteiger partial charge is 0.396 e. The summed E-state index contributed by atoms with van der Waals surface area (Å²) in [5, 5.41) is 8.27. The molecule has 0 atom stereocenters. The van der Waals surface area contributed by atoms with Crippen LogP contribution in [0.3, 0.4) is 0 Å². The maximum absolute atomic E-state index is 10.2. The zero-order chi connectivity index (χ0) is 7.11. The Labute approximate surface area is 84.1 Å². The monoisotopic (exact) mass is 196 g/mol. The number of carbonyl (C=O) groups excluding carboxylic acids is 1. The van der Waals surface area contributed by atoms with Crippen LogP contribution in [0.1, 0.15) is 43.1 Å². The molecule has 0 spiro atoms. The van der Waals surface area contributed by atoms with Crippen LogP contribution in [0, 0.1) is 0 Å². The van der Waals surface area contributed by atoms with Gasteiger partial charge in [-0.15, -0.1) is 0 Å². The van der Waals surface area contributed by atoms with E-state index in [1.54, 1.807) is 0 Å². The van der Waals surface area contributed by atoms with Gasteiger partial charge in [-0.2, -0.15) is 0 Å². The van der Waals surface area contributed by atoms with Gasteiger partial charge >= 0.3 is 0 Å². The average Bonchev–Trinajstić information content (AvgIpc) is 1.80. The van der Waals surface area contributed by atoms with E-state index in [0.29, 0.717) is 13.0 Å². The number of hydrogen-bond acceptors (Lipinski definition) is 3. The van der Waals surface area contributed by atoms with Gasteiger partial charge in [0.25, 0.3) is 0 Å². The molecule has 0 aliphatic carbocycles. The third kappa shape index (κ3) is 34.1. The lowest BCUT2D eigenvalue weighted by molar-refractivity contribution is -0.121. The van der Waals surface area contributed by atoms with Crippen molar-refractivity contribution in [2.75, 3.05) is 19.8 Å². The van der Waals surface area contributed by atoms with Crippen LogP contribution in [0.25, 0.3) is 0 Å². The standard InChI is InChI=1S/C6H12O3.4CH4/c1-6(8)5-9-4-2-3-7;;;;/h7H,2-5H2,1H3;4*1H4. The first kappa shape index (κ1) is 29.4. The molecule has 13 heavy (non-hydrogen) atoms. The number of aliphatic hydroxyl groups excluding tert-OH is 1. The molecule has 0 saturated heterocycles. The van der Waals surface area contributed by atoms with Crippen LogP contribution in [-0.2, 0) is 9.53 Å². The van der Waals surface area contributed by atoms with Gasteiger partial charge in [-0.1, -0.05) is 29.7 Å². The maximum atomic E-state index is 10.2. The Balaban J connectivity index is -0.0000000533. The highest BCUT2D eigenvalue weighted by Gasteiger charge is 1.90. The molecule has 1 N–H and O–H groups in total. The molecule has 3 heteroatoms. The molecule has 0 bridgehead atoms. The van der Waals surface area contributed by atoms with Crippen molar-refractivity contribution >= 4 is 5.78 Å². The molecule has 0 saturated carbocycles. The fourth-order valence-electron chi connectivity index (χ4n) is 0.383. The van der Waals surface area contributed by atoms with Gasteiger partial charge in [-0.05, 0) is 13.3 Å². The second-order valence-electron chi connectivity index (χ2n) is 1.83. The Morgan fingerprint density at radius 1 is 1.23 bits per heavy atom. The van der Waals surface area contributed by atoms with Crippen molar-refractivity contribution in [2.45, 2.75) is 43.1 Å².